The number of sulfonamides is 1. The SMILES string of the molecule is C[Si](C)(C)CCOCn1nnc2c(Br)cc(S(=O)(=O)N3CCC(c4ccccc4)CC3)cc21. The summed E-state index contributed by atoms with van der Waals surface area (Å²) in [6, 6.07) is 14.7. The van der Waals surface area contributed by atoms with Gasteiger partial charge in [0.2, 0.25) is 10.0 Å². The Morgan fingerprint density at radius 1 is 1.12 bits per heavy atom. The number of piperidine rings is 1. The number of hydrogen-bond donors (Lipinski definition) is 0. The Hall–Kier alpha value is -1.59. The monoisotopic (exact) mass is 550 g/mol. The molecule has 0 atom stereocenters. The topological polar surface area (TPSA) is 77.3 Å². The first kappa shape index (κ1) is 24.5. The third-order valence-corrected chi connectivity index (χ3v) is 10.3. The lowest BCUT2D eigenvalue weighted by atomic mass is 9.90. The predicted octanol–water partition coefficient (Wildman–Crippen LogP) is 5.07. The van der Waals surface area contributed by atoms with Crippen molar-refractivity contribution in [3.8, 4) is 0 Å². The van der Waals surface area contributed by atoms with Gasteiger partial charge in [0.25, 0.3) is 0 Å². The number of fused-ring (bicyclic) bond motifs is 1. The van der Waals surface area contributed by atoms with Crippen LogP contribution in [0.5, 0.6) is 0 Å². The van der Waals surface area contributed by atoms with Crippen LogP contribution >= 0.6 is 15.9 Å². The zero-order valence-corrected chi connectivity index (χ0v) is 22.8. The summed E-state index contributed by atoms with van der Waals surface area (Å²) in [7, 11) is -4.81. The Balaban J connectivity index is 1.50. The number of ether oxygens (including phenoxy) is 1. The number of hydrogen-bond acceptors (Lipinski definition) is 5. The molecule has 0 amide bonds. The van der Waals surface area contributed by atoms with Crippen LogP contribution in [0.1, 0.15) is 24.3 Å². The summed E-state index contributed by atoms with van der Waals surface area (Å²) in [5.74, 6) is 0.394. The Kier molecular flexibility index (Phi) is 7.40. The summed E-state index contributed by atoms with van der Waals surface area (Å²) < 4.78 is 36.6. The van der Waals surface area contributed by atoms with Gasteiger partial charge in [-0.1, -0.05) is 55.2 Å². The lowest BCUT2D eigenvalue weighted by Crippen LogP contribution is -2.37. The first-order chi connectivity index (χ1) is 15.6. The van der Waals surface area contributed by atoms with Gasteiger partial charge in [0, 0.05) is 32.2 Å². The van der Waals surface area contributed by atoms with E-state index in [9.17, 15) is 8.42 Å². The fourth-order valence-electron chi connectivity index (χ4n) is 4.08. The van der Waals surface area contributed by atoms with E-state index in [4.69, 9.17) is 4.74 Å². The molecule has 0 bridgehead atoms. The molecular formula is C23H31BrN4O3SSi. The largest absolute Gasteiger partial charge is 0.359 e. The van der Waals surface area contributed by atoms with Gasteiger partial charge < -0.3 is 4.74 Å². The van der Waals surface area contributed by atoms with Crippen molar-refractivity contribution < 1.29 is 13.2 Å². The quantitative estimate of drug-likeness (QED) is 0.289. The van der Waals surface area contributed by atoms with E-state index >= 15 is 0 Å². The highest BCUT2D eigenvalue weighted by molar-refractivity contribution is 9.10. The molecule has 0 saturated carbocycles. The van der Waals surface area contributed by atoms with Crippen molar-refractivity contribution in [3.63, 3.8) is 0 Å². The highest BCUT2D eigenvalue weighted by Crippen LogP contribution is 2.33. The Bertz CT molecular complexity index is 1200. The molecular weight excluding hydrogens is 520 g/mol. The summed E-state index contributed by atoms with van der Waals surface area (Å²) in [5, 5.41) is 8.40. The van der Waals surface area contributed by atoms with Crippen molar-refractivity contribution in [1.82, 2.24) is 19.3 Å². The standard InChI is InChI=1S/C23H31BrN4O3SSi/c1-33(2,3)14-13-31-17-28-22-16-20(15-21(24)23(22)25-26-28)32(29,30)27-11-9-19(10-12-27)18-7-5-4-6-8-18/h4-8,15-16,19H,9-14,17H2,1-3H3. The zero-order valence-electron chi connectivity index (χ0n) is 19.4. The summed E-state index contributed by atoms with van der Waals surface area (Å²) in [4.78, 5) is 0.255. The molecule has 0 radical (unpaired) electrons. The highest BCUT2D eigenvalue weighted by Gasteiger charge is 2.31. The van der Waals surface area contributed by atoms with Gasteiger partial charge in [-0.3, -0.25) is 0 Å². The number of halogens is 1. The molecule has 2 heterocycles. The first-order valence-electron chi connectivity index (χ1n) is 11.3. The second-order valence-electron chi connectivity index (χ2n) is 9.80. The van der Waals surface area contributed by atoms with Gasteiger partial charge in [0.15, 0.2) is 0 Å². The maximum absolute atomic E-state index is 13.5. The van der Waals surface area contributed by atoms with Crippen LogP contribution in [0.4, 0.5) is 0 Å². The van der Waals surface area contributed by atoms with Gasteiger partial charge >= 0.3 is 0 Å². The van der Waals surface area contributed by atoms with Gasteiger partial charge in [0.1, 0.15) is 12.2 Å². The van der Waals surface area contributed by atoms with Crippen molar-refractivity contribution in [2.45, 2.75) is 56.1 Å². The van der Waals surface area contributed by atoms with Crippen molar-refractivity contribution >= 4 is 45.1 Å². The average molecular weight is 552 g/mol. The van der Waals surface area contributed by atoms with Crippen molar-refractivity contribution in [3.05, 3.63) is 52.5 Å². The molecule has 0 N–H and O–H groups in total. The van der Waals surface area contributed by atoms with Gasteiger partial charge in [0.05, 0.1) is 10.4 Å². The van der Waals surface area contributed by atoms with Crippen LogP contribution in [0.15, 0.2) is 51.8 Å². The number of benzene rings is 2. The minimum Gasteiger partial charge on any atom is -0.359 e. The summed E-state index contributed by atoms with van der Waals surface area (Å²) in [5.41, 5.74) is 2.56. The second-order valence-corrected chi connectivity index (χ2v) is 18.2. The second kappa shape index (κ2) is 9.95. The molecule has 0 spiro atoms. The van der Waals surface area contributed by atoms with Crippen LogP contribution in [0, 0.1) is 0 Å². The van der Waals surface area contributed by atoms with Crippen LogP contribution in [0.25, 0.3) is 11.0 Å². The fourth-order valence-corrected chi connectivity index (χ4v) is 7.03. The third kappa shape index (κ3) is 5.74. The van der Waals surface area contributed by atoms with Gasteiger partial charge in [-0.05, 0) is 58.4 Å². The van der Waals surface area contributed by atoms with Crippen molar-refractivity contribution in [2.75, 3.05) is 19.7 Å². The van der Waals surface area contributed by atoms with E-state index in [0.29, 0.717) is 41.1 Å². The van der Waals surface area contributed by atoms with Crippen LogP contribution in [0.3, 0.4) is 0 Å². The molecule has 0 unspecified atom stereocenters. The summed E-state index contributed by atoms with van der Waals surface area (Å²) in [6.07, 6.45) is 1.63. The molecule has 1 aromatic heterocycles. The van der Waals surface area contributed by atoms with Gasteiger partial charge in [-0.25, -0.2) is 13.1 Å². The Morgan fingerprint density at radius 2 is 1.82 bits per heavy atom. The van der Waals surface area contributed by atoms with E-state index in [1.807, 2.05) is 18.2 Å². The number of aromatic nitrogens is 3. The molecule has 4 rings (SSSR count). The van der Waals surface area contributed by atoms with Crippen LogP contribution in [-0.4, -0.2) is 55.5 Å². The van der Waals surface area contributed by atoms with E-state index < -0.39 is 18.1 Å². The molecule has 1 fully saturated rings. The summed E-state index contributed by atoms with van der Waals surface area (Å²) in [6.45, 7) is 8.84. The van der Waals surface area contributed by atoms with E-state index in [1.54, 1.807) is 21.1 Å². The number of nitrogens with zero attached hydrogens (tertiary/aromatic N) is 4. The minimum atomic E-state index is -3.62. The van der Waals surface area contributed by atoms with Crippen LogP contribution in [-0.2, 0) is 21.5 Å². The Morgan fingerprint density at radius 3 is 2.48 bits per heavy atom. The smallest absolute Gasteiger partial charge is 0.243 e. The molecule has 2 aromatic carbocycles. The molecule has 1 aliphatic rings. The third-order valence-electron chi connectivity index (χ3n) is 6.12. The zero-order chi connectivity index (χ0) is 23.6. The van der Waals surface area contributed by atoms with E-state index in [0.717, 1.165) is 18.9 Å². The molecule has 33 heavy (non-hydrogen) atoms. The van der Waals surface area contributed by atoms with E-state index in [1.165, 1.54) is 5.56 Å². The number of rotatable bonds is 8. The highest BCUT2D eigenvalue weighted by atomic mass is 79.9. The lowest BCUT2D eigenvalue weighted by molar-refractivity contribution is 0.0802. The molecule has 1 saturated heterocycles. The fraction of sp³-hybridized carbons (Fsp3) is 0.478. The van der Waals surface area contributed by atoms with Crippen molar-refractivity contribution in [2.24, 2.45) is 0 Å². The minimum absolute atomic E-state index is 0.249. The Labute approximate surface area is 205 Å². The average Bonchev–Trinajstić information content (AvgIpc) is 3.20. The lowest BCUT2D eigenvalue weighted by Gasteiger charge is -2.31. The molecule has 10 heteroatoms. The molecule has 178 valence electrons. The maximum atomic E-state index is 13.5. The molecule has 7 nitrogen and oxygen atoms in total. The maximum Gasteiger partial charge on any atom is 0.243 e. The summed E-state index contributed by atoms with van der Waals surface area (Å²) >= 11 is 3.49. The first-order valence-corrected chi connectivity index (χ1v) is 17.2. The molecule has 1 aliphatic heterocycles. The van der Waals surface area contributed by atoms with Crippen molar-refractivity contribution in [1.29, 1.82) is 0 Å². The molecule has 3 aromatic rings. The van der Waals surface area contributed by atoms with Gasteiger partial charge in [-0.15, -0.1) is 5.10 Å². The van der Waals surface area contributed by atoms with Crippen LogP contribution in [0.2, 0.25) is 25.7 Å². The molecule has 0 aliphatic carbocycles. The van der Waals surface area contributed by atoms with Crippen LogP contribution < -0.4 is 0 Å². The normalized spacial score (nSPS) is 16.5. The van der Waals surface area contributed by atoms with Gasteiger partial charge in [-0.2, -0.15) is 4.31 Å². The van der Waals surface area contributed by atoms with E-state index in [2.05, 4.69) is 58.0 Å². The predicted molar refractivity (Wildman–Crippen MR) is 137 cm³/mol. The van der Waals surface area contributed by atoms with E-state index in [-0.39, 0.29) is 11.6 Å².